The van der Waals surface area contributed by atoms with Crippen molar-refractivity contribution in [1.29, 1.82) is 0 Å². The standard InChI is InChI=1S/C19H23N5OS/c1-5-18-21-22-19(26)24(18)20-12-15-11-13(3)23(14(15)4)16-7-9-17(10-8-16)25-6-2/h7-12H,5-6H2,1-4H3,(H,22,26)/b20-12-. The SMILES string of the molecule is CCOc1ccc(-n2c(C)cc(/C=N\n3c(CC)n[nH]c3=S)c2C)cc1. The summed E-state index contributed by atoms with van der Waals surface area (Å²) in [4.78, 5) is 0. The van der Waals surface area contributed by atoms with Gasteiger partial charge in [-0.25, -0.2) is 0 Å². The van der Waals surface area contributed by atoms with Crippen molar-refractivity contribution in [2.24, 2.45) is 5.10 Å². The van der Waals surface area contributed by atoms with Crippen LogP contribution in [0, 0.1) is 18.6 Å². The molecule has 0 amide bonds. The molecule has 3 aromatic rings. The van der Waals surface area contributed by atoms with Crippen LogP contribution < -0.4 is 4.74 Å². The van der Waals surface area contributed by atoms with Gasteiger partial charge in [0.25, 0.3) is 0 Å². The van der Waals surface area contributed by atoms with E-state index in [1.54, 1.807) is 4.68 Å². The average molecular weight is 369 g/mol. The van der Waals surface area contributed by atoms with Crippen LogP contribution in [0.1, 0.15) is 36.6 Å². The third kappa shape index (κ3) is 3.48. The summed E-state index contributed by atoms with van der Waals surface area (Å²) in [5.74, 6) is 1.69. The molecule has 0 fully saturated rings. The predicted molar refractivity (Wildman–Crippen MR) is 106 cm³/mol. The molecule has 0 radical (unpaired) electrons. The first-order valence-electron chi connectivity index (χ1n) is 8.68. The van der Waals surface area contributed by atoms with Crippen molar-refractivity contribution in [1.82, 2.24) is 19.4 Å². The second-order valence-corrected chi connectivity index (χ2v) is 6.33. The summed E-state index contributed by atoms with van der Waals surface area (Å²) in [7, 11) is 0. The maximum atomic E-state index is 5.52. The fraction of sp³-hybridized carbons (Fsp3) is 0.316. The van der Waals surface area contributed by atoms with E-state index >= 15 is 0 Å². The summed E-state index contributed by atoms with van der Waals surface area (Å²) in [6.45, 7) is 8.84. The molecule has 0 saturated carbocycles. The molecule has 7 heteroatoms. The Balaban J connectivity index is 1.94. The maximum absolute atomic E-state index is 5.52. The summed E-state index contributed by atoms with van der Waals surface area (Å²) in [6.07, 6.45) is 2.59. The van der Waals surface area contributed by atoms with E-state index < -0.39 is 0 Å². The van der Waals surface area contributed by atoms with Crippen molar-refractivity contribution in [3.63, 3.8) is 0 Å². The van der Waals surface area contributed by atoms with Crippen LogP contribution in [0.3, 0.4) is 0 Å². The second-order valence-electron chi connectivity index (χ2n) is 5.94. The second kappa shape index (κ2) is 7.70. The molecule has 1 N–H and O–H groups in total. The van der Waals surface area contributed by atoms with E-state index in [0.717, 1.165) is 40.6 Å². The quantitative estimate of drug-likeness (QED) is 0.523. The number of hydrogen-bond acceptors (Lipinski definition) is 4. The molecule has 0 saturated heterocycles. The number of aromatic amines is 1. The van der Waals surface area contributed by atoms with E-state index in [2.05, 4.69) is 51.9 Å². The minimum Gasteiger partial charge on any atom is -0.494 e. The minimum atomic E-state index is 0.499. The van der Waals surface area contributed by atoms with Gasteiger partial charge in [-0.2, -0.15) is 14.9 Å². The highest BCUT2D eigenvalue weighted by molar-refractivity contribution is 7.71. The highest BCUT2D eigenvalue weighted by atomic mass is 32.1. The first-order chi connectivity index (χ1) is 12.5. The van der Waals surface area contributed by atoms with E-state index in [4.69, 9.17) is 17.0 Å². The van der Waals surface area contributed by atoms with Gasteiger partial charge in [0.2, 0.25) is 4.77 Å². The van der Waals surface area contributed by atoms with Gasteiger partial charge in [-0.05, 0) is 63.3 Å². The number of hydrogen-bond donors (Lipinski definition) is 1. The normalized spacial score (nSPS) is 11.4. The predicted octanol–water partition coefficient (Wildman–Crippen LogP) is 4.19. The van der Waals surface area contributed by atoms with Crippen molar-refractivity contribution in [2.75, 3.05) is 6.61 Å². The van der Waals surface area contributed by atoms with Crippen LogP contribution in [0.15, 0.2) is 35.4 Å². The molecule has 0 aliphatic heterocycles. The third-order valence-electron chi connectivity index (χ3n) is 4.22. The van der Waals surface area contributed by atoms with E-state index in [-0.39, 0.29) is 0 Å². The highest BCUT2D eigenvalue weighted by Gasteiger charge is 2.10. The molecule has 0 spiro atoms. The topological polar surface area (TPSA) is 60.1 Å². The Bertz CT molecular complexity index is 979. The molecule has 26 heavy (non-hydrogen) atoms. The minimum absolute atomic E-state index is 0.499. The van der Waals surface area contributed by atoms with Crippen molar-refractivity contribution >= 4 is 18.4 Å². The van der Waals surface area contributed by atoms with Crippen LogP contribution in [-0.4, -0.2) is 32.3 Å². The lowest BCUT2D eigenvalue weighted by Crippen LogP contribution is -2.01. The van der Waals surface area contributed by atoms with Crippen LogP contribution >= 0.6 is 12.2 Å². The number of nitrogens with one attached hydrogen (secondary N) is 1. The summed E-state index contributed by atoms with van der Waals surface area (Å²) < 4.78 is 9.89. The summed E-state index contributed by atoms with van der Waals surface area (Å²) in [6, 6.07) is 10.2. The van der Waals surface area contributed by atoms with Gasteiger partial charge >= 0.3 is 0 Å². The molecule has 0 bridgehead atoms. The van der Waals surface area contributed by atoms with Crippen LogP contribution in [0.4, 0.5) is 0 Å². The van der Waals surface area contributed by atoms with E-state index in [9.17, 15) is 0 Å². The Kier molecular flexibility index (Phi) is 5.37. The number of aryl methyl sites for hydroxylation is 2. The lowest BCUT2D eigenvalue weighted by Gasteiger charge is -2.10. The van der Waals surface area contributed by atoms with Crippen LogP contribution in [0.5, 0.6) is 5.75 Å². The number of nitrogens with zero attached hydrogens (tertiary/aromatic N) is 4. The molecule has 3 rings (SSSR count). The maximum Gasteiger partial charge on any atom is 0.216 e. The average Bonchev–Trinajstić information content (AvgIpc) is 3.13. The van der Waals surface area contributed by atoms with Gasteiger partial charge < -0.3 is 9.30 Å². The molecular formula is C19H23N5OS. The fourth-order valence-electron chi connectivity index (χ4n) is 2.97. The Hall–Kier alpha value is -2.67. The molecule has 0 aliphatic rings. The Morgan fingerprint density at radius 1 is 1.23 bits per heavy atom. The third-order valence-corrected chi connectivity index (χ3v) is 4.49. The first-order valence-corrected chi connectivity index (χ1v) is 9.08. The van der Waals surface area contributed by atoms with Crippen LogP contribution in [0.25, 0.3) is 5.69 Å². The molecule has 6 nitrogen and oxygen atoms in total. The van der Waals surface area contributed by atoms with Crippen LogP contribution in [-0.2, 0) is 6.42 Å². The van der Waals surface area contributed by atoms with Gasteiger partial charge in [-0.15, -0.1) is 0 Å². The molecule has 0 atom stereocenters. The number of aromatic nitrogens is 4. The van der Waals surface area contributed by atoms with E-state index in [0.29, 0.717) is 11.4 Å². The summed E-state index contributed by atoms with van der Waals surface area (Å²) in [5.41, 5.74) is 4.39. The molecule has 0 aliphatic carbocycles. The van der Waals surface area contributed by atoms with Crippen molar-refractivity contribution < 1.29 is 4.74 Å². The zero-order valence-electron chi connectivity index (χ0n) is 15.5. The van der Waals surface area contributed by atoms with Crippen molar-refractivity contribution in [3.05, 3.63) is 57.9 Å². The van der Waals surface area contributed by atoms with Gasteiger partial charge in [0.05, 0.1) is 12.8 Å². The Morgan fingerprint density at radius 2 is 1.96 bits per heavy atom. The molecule has 2 heterocycles. The van der Waals surface area contributed by atoms with Crippen molar-refractivity contribution in [3.8, 4) is 11.4 Å². The van der Waals surface area contributed by atoms with Crippen molar-refractivity contribution in [2.45, 2.75) is 34.1 Å². The van der Waals surface area contributed by atoms with Crippen LogP contribution in [0.2, 0.25) is 0 Å². The van der Waals surface area contributed by atoms with Gasteiger partial charge in [0, 0.05) is 29.1 Å². The fourth-order valence-corrected chi connectivity index (χ4v) is 3.16. The summed E-state index contributed by atoms with van der Waals surface area (Å²) >= 11 is 5.24. The molecule has 0 unspecified atom stereocenters. The first kappa shape index (κ1) is 18.1. The van der Waals surface area contributed by atoms with Gasteiger partial charge in [-0.3, -0.25) is 5.10 Å². The number of ether oxygens (including phenoxy) is 1. The monoisotopic (exact) mass is 369 g/mol. The summed E-state index contributed by atoms with van der Waals surface area (Å²) in [5, 5.41) is 11.5. The highest BCUT2D eigenvalue weighted by Crippen LogP contribution is 2.22. The Morgan fingerprint density at radius 3 is 2.62 bits per heavy atom. The lowest BCUT2D eigenvalue weighted by atomic mass is 10.2. The van der Waals surface area contributed by atoms with Gasteiger partial charge in [0.1, 0.15) is 5.75 Å². The van der Waals surface area contributed by atoms with E-state index in [1.807, 2.05) is 32.2 Å². The smallest absolute Gasteiger partial charge is 0.216 e. The van der Waals surface area contributed by atoms with Gasteiger partial charge in [-0.1, -0.05) is 6.92 Å². The van der Waals surface area contributed by atoms with E-state index in [1.165, 1.54) is 0 Å². The zero-order chi connectivity index (χ0) is 18.7. The van der Waals surface area contributed by atoms with Gasteiger partial charge in [0.15, 0.2) is 5.82 Å². The largest absolute Gasteiger partial charge is 0.494 e. The molecule has 1 aromatic carbocycles. The molecule has 136 valence electrons. The lowest BCUT2D eigenvalue weighted by molar-refractivity contribution is 0.340. The molecular weight excluding hydrogens is 346 g/mol. The number of rotatable bonds is 6. The number of H-pyrrole nitrogens is 1. The Labute approximate surface area is 158 Å². The zero-order valence-corrected chi connectivity index (χ0v) is 16.3. The molecule has 2 aromatic heterocycles. The number of benzene rings is 1.